The molecule has 1 aliphatic rings. The minimum absolute atomic E-state index is 0.174. The summed E-state index contributed by atoms with van der Waals surface area (Å²) in [5, 5.41) is 0. The van der Waals surface area contributed by atoms with Crippen molar-refractivity contribution in [2.75, 3.05) is 13.1 Å². The van der Waals surface area contributed by atoms with Crippen molar-refractivity contribution in [2.45, 2.75) is 57.5 Å². The normalized spacial score (nSPS) is 21.4. The van der Waals surface area contributed by atoms with E-state index in [4.69, 9.17) is 5.73 Å². The fraction of sp³-hybridized carbons (Fsp3) is 0.647. The molecule has 2 rings (SSSR count). The van der Waals surface area contributed by atoms with Crippen LogP contribution in [0.2, 0.25) is 0 Å². The molecular formula is C17H27FN2. The van der Waals surface area contributed by atoms with Crippen LogP contribution in [0, 0.1) is 5.82 Å². The monoisotopic (exact) mass is 278 g/mol. The second-order valence-electron chi connectivity index (χ2n) is 5.89. The van der Waals surface area contributed by atoms with Gasteiger partial charge in [-0.1, -0.05) is 38.5 Å². The van der Waals surface area contributed by atoms with E-state index in [0.29, 0.717) is 5.56 Å². The number of benzene rings is 1. The smallest absolute Gasteiger partial charge is 0.128 e. The summed E-state index contributed by atoms with van der Waals surface area (Å²) in [6, 6.07) is 7.21. The van der Waals surface area contributed by atoms with Crippen LogP contribution in [-0.4, -0.2) is 24.0 Å². The van der Waals surface area contributed by atoms with Crippen LogP contribution < -0.4 is 5.73 Å². The molecule has 2 N–H and O–H groups in total. The molecule has 1 fully saturated rings. The lowest BCUT2D eigenvalue weighted by molar-refractivity contribution is 0.0880. The number of nitrogens with two attached hydrogens (primary N) is 1. The van der Waals surface area contributed by atoms with Gasteiger partial charge in [-0.2, -0.15) is 0 Å². The molecule has 2 unspecified atom stereocenters. The van der Waals surface area contributed by atoms with Gasteiger partial charge in [0.15, 0.2) is 0 Å². The van der Waals surface area contributed by atoms with Crippen molar-refractivity contribution in [3.63, 3.8) is 0 Å². The highest BCUT2D eigenvalue weighted by atomic mass is 19.1. The van der Waals surface area contributed by atoms with E-state index in [2.05, 4.69) is 18.7 Å². The van der Waals surface area contributed by atoms with Crippen LogP contribution >= 0.6 is 0 Å². The molecule has 112 valence electrons. The largest absolute Gasteiger partial charge is 0.320 e. The summed E-state index contributed by atoms with van der Waals surface area (Å²) in [5.74, 6) is -0.174. The fourth-order valence-electron chi connectivity index (χ4n) is 3.62. The van der Waals surface area contributed by atoms with Crippen molar-refractivity contribution in [3.05, 3.63) is 35.6 Å². The van der Waals surface area contributed by atoms with Crippen LogP contribution in [0.3, 0.4) is 0 Å². The van der Waals surface area contributed by atoms with Crippen LogP contribution in [0.4, 0.5) is 4.39 Å². The number of nitrogens with zero attached hydrogens (tertiary/aromatic N) is 1. The predicted molar refractivity (Wildman–Crippen MR) is 82.1 cm³/mol. The van der Waals surface area contributed by atoms with Gasteiger partial charge in [0.2, 0.25) is 0 Å². The first-order valence-electron chi connectivity index (χ1n) is 7.91. The van der Waals surface area contributed by atoms with Gasteiger partial charge in [0, 0.05) is 11.6 Å². The second kappa shape index (κ2) is 6.68. The lowest BCUT2D eigenvalue weighted by Crippen LogP contribution is -2.57. The topological polar surface area (TPSA) is 29.3 Å². The van der Waals surface area contributed by atoms with Gasteiger partial charge in [-0.05, 0) is 44.8 Å². The Kier molecular flexibility index (Phi) is 5.17. The Bertz CT molecular complexity index is 429. The van der Waals surface area contributed by atoms with Crippen LogP contribution in [0.1, 0.15) is 51.5 Å². The highest BCUT2D eigenvalue weighted by Gasteiger charge is 2.39. The highest BCUT2D eigenvalue weighted by Crippen LogP contribution is 2.34. The lowest BCUT2D eigenvalue weighted by atomic mass is 9.78. The maximum atomic E-state index is 14.2. The van der Waals surface area contributed by atoms with Crippen molar-refractivity contribution >= 4 is 0 Å². The third-order valence-corrected chi connectivity index (χ3v) is 4.77. The van der Waals surface area contributed by atoms with Gasteiger partial charge in [-0.15, -0.1) is 0 Å². The molecule has 3 heteroatoms. The minimum Gasteiger partial charge on any atom is -0.320 e. The Hall–Kier alpha value is -0.930. The predicted octanol–water partition coefficient (Wildman–Crippen LogP) is 3.65. The summed E-state index contributed by atoms with van der Waals surface area (Å²) in [7, 11) is 0. The molecule has 1 aliphatic heterocycles. The quantitative estimate of drug-likeness (QED) is 0.890. The summed E-state index contributed by atoms with van der Waals surface area (Å²) in [6.45, 7) is 6.41. The van der Waals surface area contributed by atoms with E-state index in [1.807, 2.05) is 12.1 Å². The van der Waals surface area contributed by atoms with Crippen LogP contribution in [0.15, 0.2) is 24.3 Å². The van der Waals surface area contributed by atoms with Crippen LogP contribution in [0.5, 0.6) is 0 Å². The summed E-state index contributed by atoms with van der Waals surface area (Å²) in [6.07, 6.45) is 5.47. The third kappa shape index (κ3) is 2.89. The van der Waals surface area contributed by atoms with Crippen molar-refractivity contribution in [1.82, 2.24) is 4.90 Å². The Labute approximate surface area is 122 Å². The molecule has 0 amide bonds. The van der Waals surface area contributed by atoms with Gasteiger partial charge in [0.25, 0.3) is 0 Å². The number of hydrogen-bond donors (Lipinski definition) is 1. The molecule has 2 nitrogen and oxygen atoms in total. The van der Waals surface area contributed by atoms with E-state index in [1.54, 1.807) is 6.07 Å². The average molecular weight is 278 g/mol. The molecule has 1 heterocycles. The maximum absolute atomic E-state index is 14.2. The van der Waals surface area contributed by atoms with Crippen molar-refractivity contribution in [3.8, 4) is 0 Å². The van der Waals surface area contributed by atoms with Gasteiger partial charge >= 0.3 is 0 Å². The standard InChI is InChI=1S/C17H27FN2/c1-3-16(20-12-8-5-9-13-20)17(19,4-2)14-10-6-7-11-15(14)18/h6-7,10-11,16H,3-5,8-9,12-13,19H2,1-2H3. The van der Waals surface area contributed by atoms with Crippen molar-refractivity contribution in [1.29, 1.82) is 0 Å². The Morgan fingerprint density at radius 1 is 1.20 bits per heavy atom. The van der Waals surface area contributed by atoms with E-state index in [0.717, 1.165) is 25.9 Å². The molecule has 1 aromatic carbocycles. The first kappa shape index (κ1) is 15.5. The molecule has 1 saturated heterocycles. The van der Waals surface area contributed by atoms with E-state index in [9.17, 15) is 4.39 Å². The van der Waals surface area contributed by atoms with Gasteiger partial charge in [-0.3, -0.25) is 4.90 Å². The van der Waals surface area contributed by atoms with Crippen molar-refractivity contribution in [2.24, 2.45) is 5.73 Å². The SMILES string of the molecule is CCC(N1CCCCC1)C(N)(CC)c1ccccc1F. The van der Waals surface area contributed by atoms with Gasteiger partial charge in [-0.25, -0.2) is 4.39 Å². The fourth-order valence-corrected chi connectivity index (χ4v) is 3.62. The Balaban J connectivity index is 2.34. The van der Waals surface area contributed by atoms with E-state index < -0.39 is 5.54 Å². The molecule has 1 aromatic rings. The Morgan fingerprint density at radius 3 is 2.40 bits per heavy atom. The zero-order valence-corrected chi connectivity index (χ0v) is 12.7. The summed E-state index contributed by atoms with van der Waals surface area (Å²) in [5.41, 5.74) is 6.79. The molecule has 2 atom stereocenters. The summed E-state index contributed by atoms with van der Waals surface area (Å²) in [4.78, 5) is 2.47. The zero-order valence-electron chi connectivity index (χ0n) is 12.7. The van der Waals surface area contributed by atoms with E-state index in [-0.39, 0.29) is 11.9 Å². The molecule has 20 heavy (non-hydrogen) atoms. The minimum atomic E-state index is -0.600. The number of likely N-dealkylation sites (tertiary alicyclic amines) is 1. The number of rotatable bonds is 5. The summed E-state index contributed by atoms with van der Waals surface area (Å²) >= 11 is 0. The first-order valence-corrected chi connectivity index (χ1v) is 7.91. The lowest BCUT2D eigenvalue weighted by Gasteiger charge is -2.45. The van der Waals surface area contributed by atoms with E-state index >= 15 is 0 Å². The molecule has 0 radical (unpaired) electrons. The molecular weight excluding hydrogens is 251 g/mol. The molecule has 0 saturated carbocycles. The first-order chi connectivity index (χ1) is 9.63. The molecule has 0 spiro atoms. The van der Waals surface area contributed by atoms with Gasteiger partial charge < -0.3 is 5.73 Å². The maximum Gasteiger partial charge on any atom is 0.128 e. The van der Waals surface area contributed by atoms with Crippen molar-refractivity contribution < 1.29 is 4.39 Å². The van der Waals surface area contributed by atoms with Crippen LogP contribution in [-0.2, 0) is 5.54 Å². The molecule has 0 bridgehead atoms. The highest BCUT2D eigenvalue weighted by molar-refractivity contribution is 5.28. The number of halogens is 1. The summed E-state index contributed by atoms with van der Waals surface area (Å²) < 4.78 is 14.2. The number of hydrogen-bond acceptors (Lipinski definition) is 2. The van der Waals surface area contributed by atoms with Gasteiger partial charge in [0.05, 0.1) is 5.54 Å². The van der Waals surface area contributed by atoms with E-state index in [1.165, 1.54) is 25.3 Å². The number of piperidine rings is 1. The second-order valence-corrected chi connectivity index (χ2v) is 5.89. The zero-order chi connectivity index (χ0) is 14.6. The molecule has 0 aromatic heterocycles. The third-order valence-electron chi connectivity index (χ3n) is 4.77. The molecule has 0 aliphatic carbocycles. The average Bonchev–Trinajstić information content (AvgIpc) is 2.49. The van der Waals surface area contributed by atoms with Crippen LogP contribution in [0.25, 0.3) is 0 Å². The Morgan fingerprint density at radius 2 is 1.85 bits per heavy atom. The van der Waals surface area contributed by atoms with Gasteiger partial charge in [0.1, 0.15) is 5.82 Å².